The van der Waals surface area contributed by atoms with E-state index in [1.54, 1.807) is 43.4 Å². The number of nitrogens with zero attached hydrogens (tertiary/aromatic N) is 3. The van der Waals surface area contributed by atoms with Crippen LogP contribution in [0, 0.1) is 5.41 Å². The fourth-order valence-electron chi connectivity index (χ4n) is 3.69. The number of hydrogen-bond donors (Lipinski definition) is 4. The van der Waals surface area contributed by atoms with Crippen LogP contribution in [0.2, 0.25) is 5.15 Å². The van der Waals surface area contributed by atoms with E-state index in [0.717, 1.165) is 5.56 Å². The molecule has 0 spiro atoms. The van der Waals surface area contributed by atoms with Gasteiger partial charge in [0, 0.05) is 31.6 Å². The van der Waals surface area contributed by atoms with Crippen LogP contribution in [0.5, 0.6) is 0 Å². The van der Waals surface area contributed by atoms with Gasteiger partial charge >= 0.3 is 0 Å². The minimum absolute atomic E-state index is 0.0117. The van der Waals surface area contributed by atoms with Gasteiger partial charge < -0.3 is 11.1 Å². The van der Waals surface area contributed by atoms with E-state index in [2.05, 4.69) is 15.7 Å². The first-order chi connectivity index (χ1) is 14.0. The summed E-state index contributed by atoms with van der Waals surface area (Å²) in [6, 6.07) is 6.37. The van der Waals surface area contributed by atoms with Crippen LogP contribution < -0.4 is 22.0 Å². The Kier molecular flexibility index (Phi) is 5.87. The minimum Gasteiger partial charge on any atom is -0.384 e. The number of nitrogens with one attached hydrogen (secondary N) is 3. The largest absolute Gasteiger partial charge is 0.384 e. The molecule has 0 fully saturated rings. The molecule has 1 amide bonds. The Morgan fingerprint density at radius 3 is 2.57 bits per heavy atom. The van der Waals surface area contributed by atoms with Gasteiger partial charge in [-0.05, 0) is 12.0 Å². The lowest BCUT2D eigenvalue weighted by molar-refractivity contribution is -0.124. The number of nitrogens with two attached hydrogens (primary N) is 1. The lowest BCUT2D eigenvalue weighted by Gasteiger charge is -2.20. The maximum absolute atomic E-state index is 13.1. The Morgan fingerprint density at radius 1 is 1.37 bits per heavy atom. The first-order valence-electron chi connectivity index (χ1n) is 9.49. The standard InChI is InChI=1S/C20H26ClN7O2/c1-20(2)9-13(18(29)24-10-11-5-7-12(8-6-11)16(22)23)28-14(20)15(21)25-17(19(28)30)26-27(3)4/h5-8,13H,9-10H2,1-4H3,(H3,22,23)(H,24,29)(H,25,26)/t13-/m0/s1. The smallest absolute Gasteiger partial charge is 0.295 e. The summed E-state index contributed by atoms with van der Waals surface area (Å²) in [6.45, 7) is 4.18. The van der Waals surface area contributed by atoms with Crippen LogP contribution in [0.25, 0.3) is 0 Å². The highest BCUT2D eigenvalue weighted by Crippen LogP contribution is 2.42. The lowest BCUT2D eigenvalue weighted by atomic mass is 9.87. The number of carbonyl (C=O) groups is 1. The minimum atomic E-state index is -0.692. The molecule has 9 nitrogen and oxygen atoms in total. The molecule has 1 aromatic heterocycles. The Labute approximate surface area is 179 Å². The Hall–Kier alpha value is -2.91. The quantitative estimate of drug-likeness (QED) is 0.312. The first kappa shape index (κ1) is 21.8. The zero-order valence-corrected chi connectivity index (χ0v) is 18.2. The maximum atomic E-state index is 13.1. The molecule has 0 bridgehead atoms. The van der Waals surface area contributed by atoms with Crippen LogP contribution in [0.3, 0.4) is 0 Å². The maximum Gasteiger partial charge on any atom is 0.295 e. The molecule has 10 heteroatoms. The number of hydrazine groups is 1. The van der Waals surface area contributed by atoms with Crippen LogP contribution in [0.15, 0.2) is 29.1 Å². The third-order valence-corrected chi connectivity index (χ3v) is 5.35. The van der Waals surface area contributed by atoms with E-state index in [1.165, 1.54) is 4.57 Å². The second-order valence-corrected chi connectivity index (χ2v) is 8.57. The molecule has 1 aliphatic heterocycles. The summed E-state index contributed by atoms with van der Waals surface area (Å²) < 4.78 is 1.45. The Bertz CT molecular complexity index is 1040. The lowest BCUT2D eigenvalue weighted by Crippen LogP contribution is -2.37. The van der Waals surface area contributed by atoms with E-state index in [9.17, 15) is 9.59 Å². The summed E-state index contributed by atoms with van der Waals surface area (Å²) >= 11 is 6.41. The van der Waals surface area contributed by atoms with Gasteiger partial charge in [0.1, 0.15) is 11.9 Å². The Morgan fingerprint density at radius 2 is 2.00 bits per heavy atom. The average Bonchev–Trinajstić information content (AvgIpc) is 2.96. The number of aromatic nitrogens is 2. The number of rotatable bonds is 6. The van der Waals surface area contributed by atoms with Gasteiger partial charge in [-0.15, -0.1) is 0 Å². The number of amidine groups is 1. The second-order valence-electron chi connectivity index (χ2n) is 8.21. The molecule has 3 rings (SSSR count). The summed E-state index contributed by atoms with van der Waals surface area (Å²) in [6.07, 6.45) is 0.435. The fourth-order valence-corrected chi connectivity index (χ4v) is 4.12. The van der Waals surface area contributed by atoms with Crippen LogP contribution in [0.1, 0.15) is 43.1 Å². The summed E-state index contributed by atoms with van der Waals surface area (Å²) in [7, 11) is 3.47. The van der Waals surface area contributed by atoms with Crippen molar-refractivity contribution in [1.82, 2.24) is 19.9 Å². The van der Waals surface area contributed by atoms with Crippen molar-refractivity contribution in [3.8, 4) is 0 Å². The summed E-state index contributed by atoms with van der Waals surface area (Å²) in [5, 5.41) is 12.1. The van der Waals surface area contributed by atoms with E-state index in [1.807, 2.05) is 13.8 Å². The third-order valence-electron chi connectivity index (χ3n) is 5.09. The zero-order valence-electron chi connectivity index (χ0n) is 17.4. The number of halogens is 1. The topological polar surface area (TPSA) is 129 Å². The molecule has 0 aliphatic carbocycles. The molecule has 5 N–H and O–H groups in total. The number of nitrogen functional groups attached to an aromatic ring is 1. The summed E-state index contributed by atoms with van der Waals surface area (Å²) in [5.41, 5.74) is 9.48. The van der Waals surface area contributed by atoms with Crippen molar-refractivity contribution in [2.75, 3.05) is 19.5 Å². The Balaban J connectivity index is 1.87. The SMILES string of the molecule is CN(C)Nc1nc(Cl)c2n(c1=O)[C@H](C(=O)NCc1ccc(C(=N)N)cc1)CC2(C)C. The van der Waals surface area contributed by atoms with Crippen molar-refractivity contribution in [1.29, 1.82) is 5.41 Å². The van der Waals surface area contributed by atoms with Crippen LogP contribution >= 0.6 is 11.6 Å². The van der Waals surface area contributed by atoms with E-state index < -0.39 is 11.5 Å². The summed E-state index contributed by atoms with van der Waals surface area (Å²) in [4.78, 5) is 30.3. The summed E-state index contributed by atoms with van der Waals surface area (Å²) in [5.74, 6) is -0.205. The van der Waals surface area contributed by atoms with E-state index >= 15 is 0 Å². The van der Waals surface area contributed by atoms with E-state index in [4.69, 9.17) is 22.7 Å². The average molecular weight is 432 g/mol. The van der Waals surface area contributed by atoms with Crippen molar-refractivity contribution in [3.05, 3.63) is 56.6 Å². The van der Waals surface area contributed by atoms with Gasteiger partial charge in [-0.25, -0.2) is 9.99 Å². The number of amides is 1. The molecule has 2 aromatic rings. The molecule has 1 aliphatic rings. The molecule has 160 valence electrons. The van der Waals surface area contributed by atoms with Crippen molar-refractivity contribution >= 4 is 29.2 Å². The number of fused-ring (bicyclic) bond motifs is 1. The highest BCUT2D eigenvalue weighted by Gasteiger charge is 2.44. The van der Waals surface area contributed by atoms with Crippen LogP contribution in [0.4, 0.5) is 5.82 Å². The molecule has 1 aromatic carbocycles. The van der Waals surface area contributed by atoms with Crippen LogP contribution in [-0.2, 0) is 16.8 Å². The van der Waals surface area contributed by atoms with Crippen LogP contribution in [-0.4, -0.2) is 40.4 Å². The van der Waals surface area contributed by atoms with Crippen molar-refractivity contribution < 1.29 is 4.79 Å². The second kappa shape index (κ2) is 8.08. The molecule has 2 heterocycles. The van der Waals surface area contributed by atoms with Gasteiger partial charge in [0.05, 0.1) is 5.69 Å². The molecular formula is C20H26ClN7O2. The highest BCUT2D eigenvalue weighted by molar-refractivity contribution is 6.30. The predicted molar refractivity (Wildman–Crippen MR) is 117 cm³/mol. The number of hydrogen-bond acceptors (Lipinski definition) is 6. The molecule has 1 atom stereocenters. The van der Waals surface area contributed by atoms with Crippen molar-refractivity contribution in [3.63, 3.8) is 0 Å². The van der Waals surface area contributed by atoms with Crippen molar-refractivity contribution in [2.45, 2.75) is 38.3 Å². The molecule has 0 saturated carbocycles. The van der Waals surface area contributed by atoms with Gasteiger partial charge in [-0.2, -0.15) is 0 Å². The number of benzene rings is 1. The molecule has 0 unspecified atom stereocenters. The van der Waals surface area contributed by atoms with Crippen molar-refractivity contribution in [2.24, 2.45) is 5.73 Å². The molecule has 30 heavy (non-hydrogen) atoms. The first-order valence-corrected chi connectivity index (χ1v) is 9.86. The van der Waals surface area contributed by atoms with E-state index in [0.29, 0.717) is 24.2 Å². The third kappa shape index (κ3) is 4.17. The van der Waals surface area contributed by atoms with Gasteiger partial charge in [0.2, 0.25) is 11.7 Å². The molecule has 0 saturated heterocycles. The van der Waals surface area contributed by atoms with E-state index in [-0.39, 0.29) is 28.3 Å². The van der Waals surface area contributed by atoms with Gasteiger partial charge in [0.15, 0.2) is 5.15 Å². The van der Waals surface area contributed by atoms with Gasteiger partial charge in [0.25, 0.3) is 5.56 Å². The normalized spacial score (nSPS) is 16.9. The monoisotopic (exact) mass is 431 g/mol. The number of anilines is 1. The highest BCUT2D eigenvalue weighted by atomic mass is 35.5. The predicted octanol–water partition coefficient (Wildman–Crippen LogP) is 1.61. The zero-order chi connectivity index (χ0) is 22.2. The van der Waals surface area contributed by atoms with Gasteiger partial charge in [-0.3, -0.25) is 25.0 Å². The van der Waals surface area contributed by atoms with Gasteiger partial charge in [-0.1, -0.05) is 49.7 Å². The molecule has 0 radical (unpaired) electrons. The fraction of sp³-hybridized carbons (Fsp3) is 0.400. The molecular weight excluding hydrogens is 406 g/mol. The number of carbonyl (C=O) groups excluding carboxylic acids is 1.